The molecule has 0 radical (unpaired) electrons. The van der Waals surface area contributed by atoms with Gasteiger partial charge < -0.3 is 4.74 Å². The van der Waals surface area contributed by atoms with Crippen molar-refractivity contribution in [2.45, 2.75) is 26.2 Å². The average molecular weight is 250 g/mol. The Morgan fingerprint density at radius 3 is 2.41 bits per heavy atom. The molecule has 94 valence electrons. The fourth-order valence-electron chi connectivity index (χ4n) is 1.12. The lowest BCUT2D eigenvalue weighted by atomic mass is 10.2. The minimum absolute atomic E-state index is 0.00342. The van der Waals surface area contributed by atoms with Gasteiger partial charge in [-0.05, 0) is 6.42 Å². The Balaban J connectivity index is 2.89. The first-order valence-corrected chi connectivity index (χ1v) is 5.01. The van der Waals surface area contributed by atoms with E-state index in [0.29, 0.717) is 18.9 Å². The summed E-state index contributed by atoms with van der Waals surface area (Å²) in [7, 11) is 0. The van der Waals surface area contributed by atoms with Crippen molar-refractivity contribution < 1.29 is 27.1 Å². The van der Waals surface area contributed by atoms with Gasteiger partial charge in [-0.25, -0.2) is 13.2 Å². The third-order valence-electron chi connectivity index (χ3n) is 2.03. The summed E-state index contributed by atoms with van der Waals surface area (Å²) >= 11 is 0. The Hall–Kier alpha value is -1.59. The molecule has 0 aliphatic heterocycles. The van der Waals surface area contributed by atoms with Crippen molar-refractivity contribution in [1.29, 1.82) is 0 Å². The molecule has 0 aliphatic carbocycles. The maximum absolute atomic E-state index is 13.1. The van der Waals surface area contributed by atoms with Gasteiger partial charge in [0.15, 0.2) is 17.4 Å². The summed E-state index contributed by atoms with van der Waals surface area (Å²) in [5, 5.41) is 0. The van der Waals surface area contributed by atoms with Gasteiger partial charge in [0.2, 0.25) is 11.6 Å². The Morgan fingerprint density at radius 1 is 1.18 bits per heavy atom. The van der Waals surface area contributed by atoms with Crippen LogP contribution >= 0.6 is 0 Å². The van der Waals surface area contributed by atoms with Gasteiger partial charge in [0.25, 0.3) is 0 Å². The maximum Gasteiger partial charge on any atom is 0.311 e. The standard InChI is InChI=1S/C11H10F4O2/c1-2-3-4-8(16)17-7-5-6(12)9(13)11(15)10(7)14/h5H,2-4H2,1H3. The van der Waals surface area contributed by atoms with Gasteiger partial charge in [-0.2, -0.15) is 4.39 Å². The molecule has 0 atom stereocenters. The quantitative estimate of drug-likeness (QED) is 0.269. The molecule has 0 saturated heterocycles. The minimum Gasteiger partial charge on any atom is -0.423 e. The molecule has 1 aromatic rings. The molecule has 0 spiro atoms. The van der Waals surface area contributed by atoms with Crippen molar-refractivity contribution in [3.05, 3.63) is 29.3 Å². The van der Waals surface area contributed by atoms with E-state index in [1.54, 1.807) is 0 Å². The minimum atomic E-state index is -2.00. The molecule has 0 aromatic heterocycles. The van der Waals surface area contributed by atoms with Crippen molar-refractivity contribution in [1.82, 2.24) is 0 Å². The Bertz CT molecular complexity index is 432. The van der Waals surface area contributed by atoms with Gasteiger partial charge in [-0.15, -0.1) is 0 Å². The number of ether oxygens (including phenoxy) is 1. The lowest BCUT2D eigenvalue weighted by Gasteiger charge is -2.06. The molecule has 0 aliphatic rings. The van der Waals surface area contributed by atoms with Gasteiger partial charge in [0, 0.05) is 12.5 Å². The molecule has 0 heterocycles. The van der Waals surface area contributed by atoms with E-state index in [2.05, 4.69) is 4.74 Å². The molecule has 0 fully saturated rings. The molecule has 6 heteroatoms. The molecule has 0 saturated carbocycles. The summed E-state index contributed by atoms with van der Waals surface area (Å²) < 4.78 is 55.6. The summed E-state index contributed by atoms with van der Waals surface area (Å²) in [5.74, 6) is -9.02. The molecular weight excluding hydrogens is 240 g/mol. The van der Waals surface area contributed by atoms with Crippen LogP contribution in [0.2, 0.25) is 0 Å². The van der Waals surface area contributed by atoms with E-state index in [4.69, 9.17) is 0 Å². The van der Waals surface area contributed by atoms with Crippen molar-refractivity contribution in [3.8, 4) is 5.75 Å². The largest absolute Gasteiger partial charge is 0.423 e. The van der Waals surface area contributed by atoms with E-state index in [-0.39, 0.29) is 6.42 Å². The molecular formula is C11H10F4O2. The third-order valence-corrected chi connectivity index (χ3v) is 2.03. The average Bonchev–Trinajstić information content (AvgIpc) is 2.30. The van der Waals surface area contributed by atoms with Gasteiger partial charge in [0.1, 0.15) is 0 Å². The number of hydrogen-bond acceptors (Lipinski definition) is 2. The lowest BCUT2D eigenvalue weighted by molar-refractivity contribution is -0.134. The van der Waals surface area contributed by atoms with Crippen molar-refractivity contribution in [3.63, 3.8) is 0 Å². The normalized spacial score (nSPS) is 10.4. The van der Waals surface area contributed by atoms with Crippen LogP contribution in [0, 0.1) is 23.3 Å². The third kappa shape index (κ3) is 3.18. The van der Waals surface area contributed by atoms with Crippen LogP contribution in [-0.4, -0.2) is 5.97 Å². The fraction of sp³-hybridized carbons (Fsp3) is 0.364. The molecule has 1 aromatic carbocycles. The number of halogens is 4. The number of carbonyl (C=O) groups excluding carboxylic acids is 1. The van der Waals surface area contributed by atoms with Gasteiger partial charge in [-0.3, -0.25) is 4.79 Å². The van der Waals surface area contributed by atoms with Crippen molar-refractivity contribution >= 4 is 5.97 Å². The van der Waals surface area contributed by atoms with E-state index in [9.17, 15) is 22.4 Å². The predicted molar refractivity (Wildman–Crippen MR) is 51.4 cm³/mol. The van der Waals surface area contributed by atoms with E-state index < -0.39 is 35.0 Å². The summed E-state index contributed by atoms with van der Waals surface area (Å²) in [4.78, 5) is 11.1. The Kier molecular flexibility index (Phi) is 4.48. The lowest BCUT2D eigenvalue weighted by Crippen LogP contribution is -2.10. The van der Waals surface area contributed by atoms with Gasteiger partial charge in [0.05, 0.1) is 0 Å². The van der Waals surface area contributed by atoms with E-state index >= 15 is 0 Å². The number of hydrogen-bond donors (Lipinski definition) is 0. The molecule has 1 rings (SSSR count). The topological polar surface area (TPSA) is 26.3 Å². The Labute approximate surface area is 95.2 Å². The second kappa shape index (κ2) is 5.65. The highest BCUT2D eigenvalue weighted by atomic mass is 19.2. The predicted octanol–water partition coefficient (Wildman–Crippen LogP) is 3.34. The first kappa shape index (κ1) is 13.5. The molecule has 0 bridgehead atoms. The highest BCUT2D eigenvalue weighted by Gasteiger charge is 2.21. The number of benzene rings is 1. The van der Waals surface area contributed by atoms with Crippen LogP contribution < -0.4 is 4.74 Å². The van der Waals surface area contributed by atoms with E-state index in [1.165, 1.54) is 0 Å². The molecule has 0 amide bonds. The van der Waals surface area contributed by atoms with E-state index in [0.717, 1.165) is 0 Å². The maximum atomic E-state index is 13.1. The smallest absolute Gasteiger partial charge is 0.311 e. The summed E-state index contributed by atoms with van der Waals surface area (Å²) in [6.07, 6.45) is 1.22. The first-order valence-electron chi connectivity index (χ1n) is 5.01. The summed E-state index contributed by atoms with van der Waals surface area (Å²) in [6, 6.07) is 0.303. The summed E-state index contributed by atoms with van der Waals surface area (Å²) in [5.41, 5.74) is 0. The molecule has 2 nitrogen and oxygen atoms in total. The molecule has 0 unspecified atom stereocenters. The zero-order valence-electron chi connectivity index (χ0n) is 9.03. The van der Waals surface area contributed by atoms with Crippen LogP contribution in [0.4, 0.5) is 17.6 Å². The van der Waals surface area contributed by atoms with E-state index in [1.807, 2.05) is 6.92 Å². The van der Waals surface area contributed by atoms with Crippen LogP contribution in [0.5, 0.6) is 5.75 Å². The number of carbonyl (C=O) groups is 1. The highest BCUT2D eigenvalue weighted by molar-refractivity contribution is 5.72. The van der Waals surface area contributed by atoms with Gasteiger partial charge >= 0.3 is 5.97 Å². The zero-order valence-corrected chi connectivity index (χ0v) is 9.03. The summed E-state index contributed by atoms with van der Waals surface area (Å²) in [6.45, 7) is 1.82. The second-order valence-electron chi connectivity index (χ2n) is 3.38. The zero-order chi connectivity index (χ0) is 13.0. The monoisotopic (exact) mass is 250 g/mol. The Morgan fingerprint density at radius 2 is 1.82 bits per heavy atom. The van der Waals surface area contributed by atoms with Crippen LogP contribution in [-0.2, 0) is 4.79 Å². The van der Waals surface area contributed by atoms with Crippen LogP contribution in [0.25, 0.3) is 0 Å². The first-order chi connectivity index (χ1) is 7.97. The number of esters is 1. The van der Waals surface area contributed by atoms with Crippen LogP contribution in [0.15, 0.2) is 6.07 Å². The SMILES string of the molecule is CCCCC(=O)Oc1cc(F)c(F)c(F)c1F. The van der Waals surface area contributed by atoms with Crippen LogP contribution in [0.3, 0.4) is 0 Å². The number of rotatable bonds is 4. The molecule has 0 N–H and O–H groups in total. The second-order valence-corrected chi connectivity index (χ2v) is 3.38. The van der Waals surface area contributed by atoms with Crippen LogP contribution in [0.1, 0.15) is 26.2 Å². The highest BCUT2D eigenvalue weighted by Crippen LogP contribution is 2.25. The van der Waals surface area contributed by atoms with Gasteiger partial charge in [-0.1, -0.05) is 13.3 Å². The van der Waals surface area contributed by atoms with Crippen molar-refractivity contribution in [2.75, 3.05) is 0 Å². The molecule has 17 heavy (non-hydrogen) atoms. The van der Waals surface area contributed by atoms with Crippen molar-refractivity contribution in [2.24, 2.45) is 0 Å². The fourth-order valence-corrected chi connectivity index (χ4v) is 1.12. The number of unbranched alkanes of at least 4 members (excludes halogenated alkanes) is 1.